The Kier molecular flexibility index (Phi) is 3.51. The van der Waals surface area contributed by atoms with Crippen LogP contribution in [0.2, 0.25) is 0 Å². The van der Waals surface area contributed by atoms with E-state index in [1.807, 2.05) is 0 Å². The highest BCUT2D eigenvalue weighted by atomic mass is 15.0. The summed E-state index contributed by atoms with van der Waals surface area (Å²) < 4.78 is 0. The van der Waals surface area contributed by atoms with Crippen molar-refractivity contribution in [1.82, 2.24) is 0 Å². The number of rotatable bonds is 3. The average molecular weight is 192 g/mol. The van der Waals surface area contributed by atoms with Gasteiger partial charge in [-0.2, -0.15) is 0 Å². The fourth-order valence-electron chi connectivity index (χ4n) is 1.22. The van der Waals surface area contributed by atoms with Gasteiger partial charge in [0, 0.05) is 0 Å². The van der Waals surface area contributed by atoms with Crippen LogP contribution < -0.4 is 16.5 Å². The molecule has 3 heteroatoms. The van der Waals surface area contributed by atoms with E-state index in [0.29, 0.717) is 12.5 Å². The molecule has 0 spiro atoms. The lowest BCUT2D eigenvalue weighted by Gasteiger charge is -2.05. The molecule has 0 unspecified atom stereocenters. The maximum Gasteiger partial charge on any atom is 0.339 e. The zero-order valence-electron chi connectivity index (χ0n) is 8.75. The molecule has 0 aliphatic rings. The van der Waals surface area contributed by atoms with Crippen molar-refractivity contribution in [3.05, 3.63) is 35.4 Å². The van der Waals surface area contributed by atoms with Gasteiger partial charge >= 0.3 is 5.96 Å². The molecule has 0 aromatic heterocycles. The lowest BCUT2D eigenvalue weighted by Crippen LogP contribution is -2.76. The van der Waals surface area contributed by atoms with E-state index in [0.717, 1.165) is 0 Å². The molecule has 0 radical (unpaired) electrons. The molecule has 3 nitrogen and oxygen atoms in total. The van der Waals surface area contributed by atoms with Gasteiger partial charge < -0.3 is 0 Å². The highest BCUT2D eigenvalue weighted by Gasteiger charge is 1.98. The summed E-state index contributed by atoms with van der Waals surface area (Å²) in [7, 11) is 0. The van der Waals surface area contributed by atoms with Crippen molar-refractivity contribution >= 4 is 5.96 Å². The monoisotopic (exact) mass is 192 g/mol. The van der Waals surface area contributed by atoms with Crippen LogP contribution >= 0.6 is 0 Å². The van der Waals surface area contributed by atoms with E-state index >= 15 is 0 Å². The third-order valence-corrected chi connectivity index (χ3v) is 2.14. The first kappa shape index (κ1) is 10.6. The fourth-order valence-corrected chi connectivity index (χ4v) is 1.22. The van der Waals surface area contributed by atoms with E-state index in [-0.39, 0.29) is 5.96 Å². The van der Waals surface area contributed by atoms with Gasteiger partial charge in [-0.25, -0.2) is 0 Å². The summed E-state index contributed by atoms with van der Waals surface area (Å²) in [6.07, 6.45) is 0. The van der Waals surface area contributed by atoms with Crippen LogP contribution in [0.3, 0.4) is 0 Å². The van der Waals surface area contributed by atoms with Crippen LogP contribution in [0.1, 0.15) is 30.9 Å². The SMILES string of the molecule is CC(C)c1ccc(C[NH+]=C(N)N)cc1. The Morgan fingerprint density at radius 1 is 1.21 bits per heavy atom. The third kappa shape index (κ3) is 3.09. The number of nitrogens with one attached hydrogen (secondary N) is 1. The number of benzene rings is 1. The Bertz CT molecular complexity index is 308. The predicted molar refractivity (Wildman–Crippen MR) is 58.6 cm³/mol. The lowest BCUT2D eigenvalue weighted by molar-refractivity contribution is -0.477. The average Bonchev–Trinajstić information content (AvgIpc) is 2.15. The van der Waals surface area contributed by atoms with Crippen molar-refractivity contribution in [2.24, 2.45) is 11.5 Å². The topological polar surface area (TPSA) is 66.0 Å². The molecule has 1 aromatic carbocycles. The molecule has 0 fully saturated rings. The predicted octanol–water partition coefficient (Wildman–Crippen LogP) is -0.336. The van der Waals surface area contributed by atoms with Crippen LogP contribution in [-0.4, -0.2) is 5.96 Å². The van der Waals surface area contributed by atoms with Crippen molar-refractivity contribution in [3.63, 3.8) is 0 Å². The fraction of sp³-hybridized carbons (Fsp3) is 0.364. The van der Waals surface area contributed by atoms with Crippen molar-refractivity contribution in [2.75, 3.05) is 0 Å². The molecular weight excluding hydrogens is 174 g/mol. The van der Waals surface area contributed by atoms with Gasteiger partial charge in [-0.15, -0.1) is 0 Å². The maximum absolute atomic E-state index is 5.30. The molecule has 0 heterocycles. The van der Waals surface area contributed by atoms with E-state index in [1.54, 1.807) is 0 Å². The number of guanidine groups is 1. The molecule has 0 aliphatic carbocycles. The van der Waals surface area contributed by atoms with Gasteiger partial charge in [-0.1, -0.05) is 38.1 Å². The molecule has 0 bridgehead atoms. The normalized spacial score (nSPS) is 10.2. The Morgan fingerprint density at radius 3 is 2.21 bits per heavy atom. The molecule has 5 N–H and O–H groups in total. The minimum absolute atomic E-state index is 0.262. The first-order valence-corrected chi connectivity index (χ1v) is 4.80. The maximum atomic E-state index is 5.30. The van der Waals surface area contributed by atoms with Gasteiger partial charge in [0.05, 0.1) is 6.54 Å². The summed E-state index contributed by atoms with van der Waals surface area (Å²) in [5.74, 6) is 0.834. The Balaban J connectivity index is 2.69. The Hall–Kier alpha value is -1.51. The summed E-state index contributed by atoms with van der Waals surface area (Å²) in [5, 5.41) is 0. The first-order chi connectivity index (χ1) is 6.59. The zero-order valence-corrected chi connectivity index (χ0v) is 8.75. The lowest BCUT2D eigenvalue weighted by atomic mass is 10.0. The van der Waals surface area contributed by atoms with Gasteiger partial charge in [0.15, 0.2) is 0 Å². The van der Waals surface area contributed by atoms with E-state index < -0.39 is 0 Å². The quantitative estimate of drug-likeness (QED) is 0.453. The molecule has 0 saturated heterocycles. The second kappa shape index (κ2) is 4.65. The van der Waals surface area contributed by atoms with Gasteiger partial charge in [0.1, 0.15) is 0 Å². The molecule has 0 amide bonds. The van der Waals surface area contributed by atoms with Crippen LogP contribution in [0, 0.1) is 0 Å². The molecule has 1 aromatic rings. The van der Waals surface area contributed by atoms with E-state index in [4.69, 9.17) is 11.5 Å². The second-order valence-corrected chi connectivity index (χ2v) is 3.71. The summed E-state index contributed by atoms with van der Waals surface area (Å²) in [6, 6.07) is 8.44. The summed E-state index contributed by atoms with van der Waals surface area (Å²) in [6.45, 7) is 5.04. The Labute approximate surface area is 84.8 Å². The van der Waals surface area contributed by atoms with E-state index in [2.05, 4.69) is 43.1 Å². The molecule has 14 heavy (non-hydrogen) atoms. The van der Waals surface area contributed by atoms with Crippen LogP contribution in [-0.2, 0) is 6.54 Å². The van der Waals surface area contributed by atoms with Crippen molar-refractivity contribution in [1.29, 1.82) is 0 Å². The molecule has 1 rings (SSSR count). The third-order valence-electron chi connectivity index (χ3n) is 2.14. The zero-order chi connectivity index (χ0) is 10.6. The second-order valence-electron chi connectivity index (χ2n) is 3.71. The van der Waals surface area contributed by atoms with Crippen LogP contribution in [0.4, 0.5) is 0 Å². The number of nitrogens with two attached hydrogens (primary N) is 2. The molecule has 0 atom stereocenters. The van der Waals surface area contributed by atoms with Gasteiger partial charge in [-0.05, 0) is 17.0 Å². The summed E-state index contributed by atoms with van der Waals surface area (Å²) >= 11 is 0. The van der Waals surface area contributed by atoms with Crippen LogP contribution in [0.15, 0.2) is 24.3 Å². The summed E-state index contributed by atoms with van der Waals surface area (Å²) in [5.41, 5.74) is 13.1. The Morgan fingerprint density at radius 2 is 1.79 bits per heavy atom. The highest BCUT2D eigenvalue weighted by Crippen LogP contribution is 2.13. The smallest absolute Gasteiger partial charge is 0.291 e. The number of hydrogen-bond acceptors (Lipinski definition) is 0. The van der Waals surface area contributed by atoms with E-state index in [9.17, 15) is 0 Å². The van der Waals surface area contributed by atoms with Gasteiger partial charge in [-0.3, -0.25) is 16.5 Å². The summed E-state index contributed by atoms with van der Waals surface area (Å²) in [4.78, 5) is 2.88. The highest BCUT2D eigenvalue weighted by molar-refractivity contribution is 5.69. The molecule has 0 saturated carbocycles. The molecule has 76 valence electrons. The van der Waals surface area contributed by atoms with Crippen molar-refractivity contribution < 1.29 is 4.99 Å². The minimum atomic E-state index is 0.262. The minimum Gasteiger partial charge on any atom is -0.291 e. The first-order valence-electron chi connectivity index (χ1n) is 4.80. The standard InChI is InChI=1S/C11H17N3/c1-8(2)10-5-3-9(4-6-10)7-14-11(12)13/h3-6,8H,7H2,1-2H3,(H4,12,13,14)/p+1. The largest absolute Gasteiger partial charge is 0.339 e. The molecular formula is C11H18N3+. The van der Waals surface area contributed by atoms with E-state index in [1.165, 1.54) is 11.1 Å². The molecule has 0 aliphatic heterocycles. The van der Waals surface area contributed by atoms with Gasteiger partial charge in [0.2, 0.25) is 0 Å². The van der Waals surface area contributed by atoms with Crippen molar-refractivity contribution in [2.45, 2.75) is 26.3 Å². The van der Waals surface area contributed by atoms with Crippen LogP contribution in [0.5, 0.6) is 0 Å². The number of hydrogen-bond donors (Lipinski definition) is 3. The van der Waals surface area contributed by atoms with Gasteiger partial charge in [0.25, 0.3) is 0 Å². The van der Waals surface area contributed by atoms with Crippen molar-refractivity contribution in [3.8, 4) is 0 Å². The van der Waals surface area contributed by atoms with Crippen LogP contribution in [0.25, 0.3) is 0 Å².